The molecule has 2 N–H and O–H groups in total. The molecule has 18 heavy (non-hydrogen) atoms. The third-order valence-electron chi connectivity index (χ3n) is 3.50. The van der Waals surface area contributed by atoms with Crippen molar-refractivity contribution in [2.75, 3.05) is 13.1 Å². The first-order valence-corrected chi connectivity index (χ1v) is 7.55. The van der Waals surface area contributed by atoms with Crippen molar-refractivity contribution >= 4 is 17.2 Å². The van der Waals surface area contributed by atoms with Gasteiger partial charge in [-0.05, 0) is 44.7 Å². The van der Waals surface area contributed by atoms with Gasteiger partial charge in [0.15, 0.2) is 0 Å². The number of nitrogens with zero attached hydrogens (tertiary/aromatic N) is 1. The van der Waals surface area contributed by atoms with Crippen LogP contribution >= 0.6 is 11.3 Å². The van der Waals surface area contributed by atoms with Gasteiger partial charge in [-0.3, -0.25) is 4.79 Å². The Morgan fingerprint density at radius 1 is 1.44 bits per heavy atom. The van der Waals surface area contributed by atoms with Crippen molar-refractivity contribution in [1.82, 2.24) is 4.90 Å². The van der Waals surface area contributed by atoms with Crippen LogP contribution in [0, 0.1) is 6.92 Å². The molecule has 0 spiro atoms. The van der Waals surface area contributed by atoms with Gasteiger partial charge < -0.3 is 10.6 Å². The van der Waals surface area contributed by atoms with E-state index < -0.39 is 0 Å². The van der Waals surface area contributed by atoms with E-state index >= 15 is 0 Å². The third-order valence-corrected chi connectivity index (χ3v) is 4.56. The Hall–Kier alpha value is -0.870. The van der Waals surface area contributed by atoms with E-state index in [0.29, 0.717) is 18.4 Å². The van der Waals surface area contributed by atoms with Crippen molar-refractivity contribution in [1.29, 1.82) is 0 Å². The molecule has 0 saturated carbocycles. The predicted octanol–water partition coefficient (Wildman–Crippen LogP) is 2.33. The summed E-state index contributed by atoms with van der Waals surface area (Å²) in [5, 5.41) is 0. The van der Waals surface area contributed by atoms with E-state index in [9.17, 15) is 4.79 Å². The summed E-state index contributed by atoms with van der Waals surface area (Å²) >= 11 is 1.83. The molecular weight excluding hydrogens is 244 g/mol. The van der Waals surface area contributed by atoms with Gasteiger partial charge in [-0.15, -0.1) is 11.3 Å². The first kappa shape index (κ1) is 13.6. The molecule has 1 aromatic heterocycles. The maximum absolute atomic E-state index is 12.0. The van der Waals surface area contributed by atoms with Crippen LogP contribution in [0.15, 0.2) is 12.1 Å². The summed E-state index contributed by atoms with van der Waals surface area (Å²) < 4.78 is 0. The van der Waals surface area contributed by atoms with E-state index in [-0.39, 0.29) is 0 Å². The van der Waals surface area contributed by atoms with Crippen molar-refractivity contribution < 1.29 is 4.79 Å². The van der Waals surface area contributed by atoms with Crippen LogP contribution in [0.2, 0.25) is 0 Å². The molecule has 1 aliphatic heterocycles. The fourth-order valence-corrected chi connectivity index (χ4v) is 3.27. The summed E-state index contributed by atoms with van der Waals surface area (Å²) in [4.78, 5) is 16.7. The van der Waals surface area contributed by atoms with Crippen LogP contribution in [0.25, 0.3) is 0 Å². The van der Waals surface area contributed by atoms with Crippen LogP contribution in [0.4, 0.5) is 0 Å². The van der Waals surface area contributed by atoms with Crippen LogP contribution in [0.1, 0.15) is 35.4 Å². The molecule has 1 saturated heterocycles. The van der Waals surface area contributed by atoms with Crippen molar-refractivity contribution in [3.8, 4) is 0 Å². The lowest BCUT2D eigenvalue weighted by Crippen LogP contribution is -2.42. The van der Waals surface area contributed by atoms with Gasteiger partial charge >= 0.3 is 0 Å². The second kappa shape index (κ2) is 6.34. The Morgan fingerprint density at radius 3 is 2.78 bits per heavy atom. The fraction of sp³-hybridized carbons (Fsp3) is 0.643. The topological polar surface area (TPSA) is 46.3 Å². The number of hydrogen-bond donors (Lipinski definition) is 1. The summed E-state index contributed by atoms with van der Waals surface area (Å²) in [6, 6.07) is 4.61. The van der Waals surface area contributed by atoms with E-state index in [2.05, 4.69) is 19.1 Å². The van der Waals surface area contributed by atoms with Crippen molar-refractivity contribution in [3.05, 3.63) is 21.9 Å². The molecule has 0 aliphatic carbocycles. The zero-order valence-electron chi connectivity index (χ0n) is 11.0. The molecule has 100 valence electrons. The van der Waals surface area contributed by atoms with Crippen molar-refractivity contribution in [2.24, 2.45) is 5.73 Å². The van der Waals surface area contributed by atoms with Crippen molar-refractivity contribution in [3.63, 3.8) is 0 Å². The lowest BCUT2D eigenvalue weighted by Gasteiger charge is -2.30. The zero-order chi connectivity index (χ0) is 13.0. The first-order chi connectivity index (χ1) is 8.65. The fourth-order valence-electron chi connectivity index (χ4n) is 2.34. The number of carbonyl (C=O) groups excluding carboxylic acids is 1. The number of likely N-dealkylation sites (tertiary alicyclic amines) is 1. The quantitative estimate of drug-likeness (QED) is 0.909. The minimum atomic E-state index is 0.295. The number of thiophene rings is 1. The van der Waals surface area contributed by atoms with E-state index in [4.69, 9.17) is 5.73 Å². The summed E-state index contributed by atoms with van der Waals surface area (Å²) in [5.41, 5.74) is 5.84. The molecule has 0 radical (unpaired) electrons. The third kappa shape index (κ3) is 3.82. The second-order valence-corrected chi connectivity index (χ2v) is 6.46. The number of nitrogens with two attached hydrogens (primary N) is 1. The van der Waals surface area contributed by atoms with Gasteiger partial charge in [0.2, 0.25) is 5.91 Å². The molecule has 0 unspecified atom stereocenters. The maximum Gasteiger partial charge on any atom is 0.222 e. The van der Waals surface area contributed by atoms with Crippen molar-refractivity contribution in [2.45, 2.75) is 45.1 Å². The number of amides is 1. The highest BCUT2D eigenvalue weighted by Gasteiger charge is 2.19. The molecule has 1 aromatic rings. The first-order valence-electron chi connectivity index (χ1n) is 6.74. The molecule has 0 bridgehead atoms. The van der Waals surface area contributed by atoms with Gasteiger partial charge in [0.05, 0.1) is 0 Å². The van der Waals surface area contributed by atoms with E-state index in [1.54, 1.807) is 0 Å². The number of aryl methyl sites for hydroxylation is 2. The zero-order valence-corrected chi connectivity index (χ0v) is 11.8. The van der Waals surface area contributed by atoms with Gasteiger partial charge in [-0.25, -0.2) is 0 Å². The van der Waals surface area contributed by atoms with Gasteiger partial charge in [-0.1, -0.05) is 0 Å². The Kier molecular flexibility index (Phi) is 4.78. The maximum atomic E-state index is 12.0. The summed E-state index contributed by atoms with van der Waals surface area (Å²) in [6.07, 6.45) is 4.57. The number of carbonyl (C=O) groups is 1. The molecule has 3 nitrogen and oxygen atoms in total. The monoisotopic (exact) mass is 266 g/mol. The highest BCUT2D eigenvalue weighted by atomic mass is 32.1. The van der Waals surface area contributed by atoms with Crippen LogP contribution in [-0.4, -0.2) is 29.9 Å². The average Bonchev–Trinajstić information content (AvgIpc) is 2.76. The smallest absolute Gasteiger partial charge is 0.222 e. The van der Waals surface area contributed by atoms with Gasteiger partial charge in [0.25, 0.3) is 0 Å². The minimum Gasteiger partial charge on any atom is -0.343 e. The molecule has 2 rings (SSSR count). The van der Waals surface area contributed by atoms with Crippen LogP contribution in [0.5, 0.6) is 0 Å². The molecule has 1 aliphatic rings. The van der Waals surface area contributed by atoms with Crippen LogP contribution in [-0.2, 0) is 11.2 Å². The summed E-state index contributed by atoms with van der Waals surface area (Å²) in [5.74, 6) is 0.301. The Balaban J connectivity index is 1.68. The highest BCUT2D eigenvalue weighted by molar-refractivity contribution is 7.11. The molecule has 0 atom stereocenters. The molecule has 0 aromatic carbocycles. The van der Waals surface area contributed by atoms with Crippen LogP contribution in [0.3, 0.4) is 0 Å². The standard InChI is InChI=1S/C14H22N2OS/c1-11-5-6-13(18-11)3-2-4-14(17)16-9-7-12(15)8-10-16/h5-6,12H,2-4,7-10,15H2,1H3. The summed E-state index contributed by atoms with van der Waals surface area (Å²) in [7, 11) is 0. The van der Waals surface area contributed by atoms with Gasteiger partial charge in [0, 0.05) is 35.3 Å². The normalized spacial score (nSPS) is 17.1. The lowest BCUT2D eigenvalue weighted by atomic mass is 10.1. The number of piperidine rings is 1. The number of rotatable bonds is 4. The molecule has 1 fully saturated rings. The summed E-state index contributed by atoms with van der Waals surface area (Å²) in [6.45, 7) is 3.81. The molecular formula is C14H22N2OS. The molecule has 4 heteroatoms. The van der Waals surface area contributed by atoms with E-state index in [1.165, 1.54) is 9.75 Å². The van der Waals surface area contributed by atoms with E-state index in [0.717, 1.165) is 38.8 Å². The highest BCUT2D eigenvalue weighted by Crippen LogP contribution is 2.18. The largest absolute Gasteiger partial charge is 0.343 e. The van der Waals surface area contributed by atoms with E-state index in [1.807, 2.05) is 16.2 Å². The lowest BCUT2D eigenvalue weighted by molar-refractivity contribution is -0.132. The molecule has 1 amide bonds. The average molecular weight is 266 g/mol. The van der Waals surface area contributed by atoms with Crippen LogP contribution < -0.4 is 5.73 Å². The predicted molar refractivity (Wildman–Crippen MR) is 75.8 cm³/mol. The Morgan fingerprint density at radius 2 is 2.17 bits per heavy atom. The Labute approximate surface area is 113 Å². The number of hydrogen-bond acceptors (Lipinski definition) is 3. The van der Waals surface area contributed by atoms with Gasteiger partial charge in [-0.2, -0.15) is 0 Å². The minimum absolute atomic E-state index is 0.295. The molecule has 2 heterocycles. The second-order valence-electron chi connectivity index (χ2n) is 5.08. The Bertz CT molecular complexity index is 394. The SMILES string of the molecule is Cc1ccc(CCCC(=O)N2CCC(N)CC2)s1. The van der Waals surface area contributed by atoms with Gasteiger partial charge in [0.1, 0.15) is 0 Å².